The Morgan fingerprint density at radius 3 is 2.94 bits per heavy atom. The molecular weight excluding hydrogens is 218 g/mol. The molecule has 0 fully saturated rings. The van der Waals surface area contributed by atoms with Crippen molar-refractivity contribution in [2.24, 2.45) is 5.73 Å². The maximum Gasteiger partial charge on any atom is 0.169 e. The Labute approximate surface area is 99.4 Å². The second kappa shape index (κ2) is 4.88. The average molecular weight is 233 g/mol. The fourth-order valence-electron chi connectivity index (χ4n) is 1.46. The van der Waals surface area contributed by atoms with Crippen molar-refractivity contribution in [1.29, 1.82) is 0 Å². The lowest BCUT2D eigenvalue weighted by molar-refractivity contribution is 0.410. The number of hydrogen-bond donors (Lipinski definition) is 2. The number of para-hydroxylation sites is 2. The van der Waals surface area contributed by atoms with Gasteiger partial charge in [0.25, 0.3) is 0 Å². The molecule has 0 aliphatic carbocycles. The van der Waals surface area contributed by atoms with Gasteiger partial charge in [0, 0.05) is 6.04 Å². The smallest absolute Gasteiger partial charge is 0.169 e. The highest BCUT2D eigenvalue weighted by molar-refractivity contribution is 5.40. The summed E-state index contributed by atoms with van der Waals surface area (Å²) in [5.41, 5.74) is 5.67. The van der Waals surface area contributed by atoms with Crippen molar-refractivity contribution in [3.8, 4) is 17.2 Å². The molecule has 5 heteroatoms. The van der Waals surface area contributed by atoms with Crippen molar-refractivity contribution in [2.45, 2.75) is 19.5 Å². The van der Waals surface area contributed by atoms with Crippen molar-refractivity contribution in [3.63, 3.8) is 0 Å². The molecular formula is C12H15N3O2. The number of ether oxygens (including phenoxy) is 1. The highest BCUT2D eigenvalue weighted by Crippen LogP contribution is 2.29. The molecule has 0 amide bonds. The summed E-state index contributed by atoms with van der Waals surface area (Å²) in [6.45, 7) is 2.54. The van der Waals surface area contributed by atoms with Gasteiger partial charge in [0.05, 0.1) is 18.9 Å². The fourth-order valence-corrected chi connectivity index (χ4v) is 1.46. The van der Waals surface area contributed by atoms with Crippen LogP contribution in [0.2, 0.25) is 0 Å². The molecule has 0 radical (unpaired) electrons. The zero-order chi connectivity index (χ0) is 12.3. The molecule has 90 valence electrons. The molecule has 1 aromatic carbocycles. The van der Waals surface area contributed by atoms with E-state index in [0.29, 0.717) is 18.0 Å². The number of phenols is 1. The maximum atomic E-state index is 9.55. The summed E-state index contributed by atoms with van der Waals surface area (Å²) in [6, 6.07) is 6.83. The van der Waals surface area contributed by atoms with Crippen LogP contribution in [0.1, 0.15) is 6.92 Å². The van der Waals surface area contributed by atoms with Gasteiger partial charge in [-0.15, -0.1) is 0 Å². The minimum absolute atomic E-state index is 0.0351. The Kier molecular flexibility index (Phi) is 3.30. The lowest BCUT2D eigenvalue weighted by Gasteiger charge is -2.05. The third-order valence-corrected chi connectivity index (χ3v) is 2.18. The van der Waals surface area contributed by atoms with Crippen LogP contribution >= 0.6 is 0 Å². The molecule has 1 heterocycles. The van der Waals surface area contributed by atoms with Gasteiger partial charge >= 0.3 is 0 Å². The highest BCUT2D eigenvalue weighted by Gasteiger charge is 2.05. The normalized spacial score (nSPS) is 12.4. The Morgan fingerprint density at radius 1 is 1.47 bits per heavy atom. The predicted molar refractivity (Wildman–Crippen MR) is 64.1 cm³/mol. The van der Waals surface area contributed by atoms with Gasteiger partial charge < -0.3 is 15.6 Å². The quantitative estimate of drug-likeness (QED) is 0.843. The molecule has 2 aromatic rings. The number of benzene rings is 1. The lowest BCUT2D eigenvalue weighted by atomic mass is 10.3. The van der Waals surface area contributed by atoms with Crippen molar-refractivity contribution in [3.05, 3.63) is 36.7 Å². The van der Waals surface area contributed by atoms with Crippen molar-refractivity contribution in [2.75, 3.05) is 0 Å². The standard InChI is InChI=1S/C12H15N3O2/c1-9(13)7-15-8-10(6-14-15)17-12-5-3-2-4-11(12)16/h2-6,8-9,16H,7,13H2,1H3. The molecule has 1 aromatic heterocycles. The van der Waals surface area contributed by atoms with E-state index in [1.54, 1.807) is 41.3 Å². The third-order valence-electron chi connectivity index (χ3n) is 2.18. The first-order chi connectivity index (χ1) is 8.15. The molecule has 5 nitrogen and oxygen atoms in total. The van der Waals surface area contributed by atoms with Gasteiger partial charge in [0.15, 0.2) is 17.2 Å². The molecule has 0 saturated carbocycles. The molecule has 0 aliphatic heterocycles. The number of aromatic hydroxyl groups is 1. The number of nitrogens with two attached hydrogens (primary N) is 1. The van der Waals surface area contributed by atoms with E-state index in [1.807, 2.05) is 6.92 Å². The van der Waals surface area contributed by atoms with Gasteiger partial charge in [-0.1, -0.05) is 12.1 Å². The molecule has 17 heavy (non-hydrogen) atoms. The summed E-state index contributed by atoms with van der Waals surface area (Å²) in [4.78, 5) is 0. The van der Waals surface area contributed by atoms with Gasteiger partial charge in [-0.2, -0.15) is 5.10 Å². The summed E-state index contributed by atoms with van der Waals surface area (Å²) in [5, 5.41) is 13.7. The van der Waals surface area contributed by atoms with E-state index in [2.05, 4.69) is 5.10 Å². The molecule has 0 bridgehead atoms. The number of phenolic OH excluding ortho intramolecular Hbond substituents is 1. The van der Waals surface area contributed by atoms with Crippen LogP contribution in [0.5, 0.6) is 17.2 Å². The molecule has 2 rings (SSSR count). The van der Waals surface area contributed by atoms with Crippen molar-refractivity contribution >= 4 is 0 Å². The predicted octanol–water partition coefficient (Wildman–Crippen LogP) is 1.73. The van der Waals surface area contributed by atoms with Crippen LogP contribution in [-0.4, -0.2) is 20.9 Å². The topological polar surface area (TPSA) is 73.3 Å². The minimum atomic E-state index is 0.0351. The number of nitrogens with zero attached hydrogens (tertiary/aromatic N) is 2. The van der Waals surface area contributed by atoms with Crippen LogP contribution in [0.4, 0.5) is 0 Å². The molecule has 1 atom stereocenters. The molecule has 0 aliphatic rings. The fraction of sp³-hybridized carbons (Fsp3) is 0.250. The van der Waals surface area contributed by atoms with E-state index in [9.17, 15) is 5.11 Å². The van der Waals surface area contributed by atoms with Gasteiger partial charge in [-0.05, 0) is 19.1 Å². The van der Waals surface area contributed by atoms with Crippen LogP contribution in [0.3, 0.4) is 0 Å². The summed E-state index contributed by atoms with van der Waals surface area (Å²) in [7, 11) is 0. The van der Waals surface area contributed by atoms with E-state index in [4.69, 9.17) is 10.5 Å². The molecule has 0 saturated heterocycles. The second-order valence-electron chi connectivity index (χ2n) is 3.95. The van der Waals surface area contributed by atoms with Gasteiger partial charge in [-0.3, -0.25) is 4.68 Å². The zero-order valence-corrected chi connectivity index (χ0v) is 9.58. The van der Waals surface area contributed by atoms with E-state index in [1.165, 1.54) is 0 Å². The van der Waals surface area contributed by atoms with E-state index >= 15 is 0 Å². The van der Waals surface area contributed by atoms with E-state index in [-0.39, 0.29) is 11.8 Å². The van der Waals surface area contributed by atoms with Crippen molar-refractivity contribution in [1.82, 2.24) is 9.78 Å². The number of rotatable bonds is 4. The summed E-state index contributed by atoms with van der Waals surface area (Å²) < 4.78 is 7.21. The first-order valence-corrected chi connectivity index (χ1v) is 5.39. The Hall–Kier alpha value is -2.01. The van der Waals surface area contributed by atoms with E-state index < -0.39 is 0 Å². The molecule has 3 N–H and O–H groups in total. The first kappa shape index (κ1) is 11.5. The van der Waals surface area contributed by atoms with Crippen LogP contribution < -0.4 is 10.5 Å². The molecule has 0 spiro atoms. The second-order valence-corrected chi connectivity index (χ2v) is 3.95. The minimum Gasteiger partial charge on any atom is -0.504 e. The van der Waals surface area contributed by atoms with Gasteiger partial charge in [-0.25, -0.2) is 0 Å². The maximum absolute atomic E-state index is 9.55. The van der Waals surface area contributed by atoms with Crippen LogP contribution in [0.15, 0.2) is 36.7 Å². The third kappa shape index (κ3) is 2.98. The van der Waals surface area contributed by atoms with Crippen molar-refractivity contribution < 1.29 is 9.84 Å². The molecule has 1 unspecified atom stereocenters. The Bertz CT molecular complexity index is 494. The number of aromatic nitrogens is 2. The highest BCUT2D eigenvalue weighted by atomic mass is 16.5. The van der Waals surface area contributed by atoms with Crippen LogP contribution in [0, 0.1) is 0 Å². The average Bonchev–Trinajstić information content (AvgIpc) is 2.68. The van der Waals surface area contributed by atoms with Crippen LogP contribution in [-0.2, 0) is 6.54 Å². The monoisotopic (exact) mass is 233 g/mol. The Balaban J connectivity index is 2.09. The van der Waals surface area contributed by atoms with Gasteiger partial charge in [0.1, 0.15) is 0 Å². The summed E-state index contributed by atoms with van der Waals surface area (Å²) >= 11 is 0. The van der Waals surface area contributed by atoms with E-state index in [0.717, 1.165) is 0 Å². The van der Waals surface area contributed by atoms with Crippen LogP contribution in [0.25, 0.3) is 0 Å². The SMILES string of the molecule is CC(N)Cn1cc(Oc2ccccc2O)cn1. The summed E-state index contributed by atoms with van der Waals surface area (Å²) in [5.74, 6) is 1.09. The first-order valence-electron chi connectivity index (χ1n) is 5.39. The summed E-state index contributed by atoms with van der Waals surface area (Å²) in [6.07, 6.45) is 3.34. The lowest BCUT2D eigenvalue weighted by Crippen LogP contribution is -2.22. The Morgan fingerprint density at radius 2 is 2.24 bits per heavy atom. The van der Waals surface area contributed by atoms with Gasteiger partial charge in [0.2, 0.25) is 0 Å². The zero-order valence-electron chi connectivity index (χ0n) is 9.58. The largest absolute Gasteiger partial charge is 0.504 e. The number of hydrogen-bond acceptors (Lipinski definition) is 4.